The highest BCUT2D eigenvalue weighted by Gasteiger charge is 2.55. The third kappa shape index (κ3) is 2.29. The van der Waals surface area contributed by atoms with Crippen molar-refractivity contribution in [1.82, 2.24) is 15.3 Å². The molecule has 3 heterocycles. The van der Waals surface area contributed by atoms with Crippen LogP contribution in [0.4, 0.5) is 0 Å². The molecule has 3 N–H and O–H groups in total. The van der Waals surface area contributed by atoms with Crippen LogP contribution in [-0.4, -0.2) is 45.7 Å². The fourth-order valence-electron chi connectivity index (χ4n) is 3.18. The molecule has 2 fully saturated rings. The minimum absolute atomic E-state index is 0.218. The first-order valence-corrected chi connectivity index (χ1v) is 6.80. The van der Waals surface area contributed by atoms with E-state index in [1.807, 2.05) is 0 Å². The summed E-state index contributed by atoms with van der Waals surface area (Å²) in [5.41, 5.74) is 0.935. The summed E-state index contributed by atoms with van der Waals surface area (Å²) < 4.78 is 5.57. The van der Waals surface area contributed by atoms with Gasteiger partial charge in [0, 0.05) is 24.9 Å². The number of hydrogen-bond donors (Lipinski definition) is 3. The Bertz CT molecular complexity index is 502. The summed E-state index contributed by atoms with van der Waals surface area (Å²) in [6.45, 7) is 0.460. The molecule has 3 rings (SSSR count). The van der Waals surface area contributed by atoms with Gasteiger partial charge in [0.1, 0.15) is 0 Å². The van der Waals surface area contributed by atoms with E-state index >= 15 is 0 Å². The minimum atomic E-state index is -0.939. The van der Waals surface area contributed by atoms with Gasteiger partial charge in [-0.15, -0.1) is 0 Å². The number of carboxylic acids is 1. The largest absolute Gasteiger partial charge is 0.481 e. The molecule has 1 aromatic heterocycles. The summed E-state index contributed by atoms with van der Waals surface area (Å²) in [4.78, 5) is 30.3. The van der Waals surface area contributed by atoms with Crippen molar-refractivity contribution in [3.8, 4) is 0 Å². The number of carbonyl (C=O) groups is 2. The van der Waals surface area contributed by atoms with Gasteiger partial charge in [-0.3, -0.25) is 9.59 Å². The topological polar surface area (TPSA) is 104 Å². The monoisotopic (exact) mass is 279 g/mol. The molecule has 0 aliphatic carbocycles. The molecule has 2 bridgehead atoms. The van der Waals surface area contributed by atoms with Gasteiger partial charge in [0.15, 0.2) is 0 Å². The van der Waals surface area contributed by atoms with Crippen LogP contribution in [0.1, 0.15) is 18.5 Å². The Morgan fingerprint density at radius 2 is 2.15 bits per heavy atom. The molecule has 2 unspecified atom stereocenters. The molecule has 2 aliphatic rings. The number of imidazole rings is 1. The van der Waals surface area contributed by atoms with Crippen LogP contribution in [-0.2, 0) is 20.7 Å². The second kappa shape index (κ2) is 5.24. The standard InChI is InChI=1S/C13H17N3O4/c17-12(15-4-3-7-5-14-6-16-7)10-8-1-2-9(20-8)11(10)13(18)19/h5-6,8-11H,1-4H2,(H,14,16)(H,15,17)(H,18,19)/t8-,9-,10?,11?/m1/s1. The lowest BCUT2D eigenvalue weighted by atomic mass is 9.78. The van der Waals surface area contributed by atoms with Crippen LogP contribution < -0.4 is 5.32 Å². The Labute approximate surface area is 115 Å². The summed E-state index contributed by atoms with van der Waals surface area (Å²) in [6, 6.07) is 0. The molecule has 0 saturated carbocycles. The maximum Gasteiger partial charge on any atom is 0.310 e. The smallest absolute Gasteiger partial charge is 0.310 e. The Morgan fingerprint density at radius 3 is 2.80 bits per heavy atom. The lowest BCUT2D eigenvalue weighted by Crippen LogP contribution is -2.44. The summed E-state index contributed by atoms with van der Waals surface area (Å²) in [7, 11) is 0. The normalized spacial score (nSPS) is 31.4. The highest BCUT2D eigenvalue weighted by molar-refractivity contribution is 5.86. The summed E-state index contributed by atoms with van der Waals surface area (Å²) in [6.07, 6.45) is 4.89. The number of hydrogen-bond acceptors (Lipinski definition) is 4. The van der Waals surface area contributed by atoms with Gasteiger partial charge >= 0.3 is 5.97 Å². The second-order valence-corrected chi connectivity index (χ2v) is 5.30. The SMILES string of the molecule is O=C(O)C1C(C(=O)NCCc2cnc[nH]2)[C@H]2CC[C@H]1O2. The molecule has 2 aliphatic heterocycles. The number of nitrogens with zero attached hydrogens (tertiary/aromatic N) is 1. The van der Waals surface area contributed by atoms with E-state index in [1.54, 1.807) is 12.5 Å². The number of aromatic amines is 1. The van der Waals surface area contributed by atoms with Gasteiger partial charge in [-0.2, -0.15) is 0 Å². The molecule has 0 aromatic carbocycles. The van der Waals surface area contributed by atoms with Gasteiger partial charge in [0.25, 0.3) is 0 Å². The number of ether oxygens (including phenoxy) is 1. The molecule has 20 heavy (non-hydrogen) atoms. The Hall–Kier alpha value is -1.89. The highest BCUT2D eigenvalue weighted by Crippen LogP contribution is 2.43. The van der Waals surface area contributed by atoms with E-state index in [1.165, 1.54) is 0 Å². The molecule has 4 atom stereocenters. The average Bonchev–Trinajstić information content (AvgIpc) is 3.13. The summed E-state index contributed by atoms with van der Waals surface area (Å²) in [5.74, 6) is -2.43. The van der Waals surface area contributed by atoms with Gasteiger partial charge in [-0.1, -0.05) is 0 Å². The van der Waals surface area contributed by atoms with Crippen molar-refractivity contribution < 1.29 is 19.4 Å². The van der Waals surface area contributed by atoms with E-state index in [9.17, 15) is 14.7 Å². The van der Waals surface area contributed by atoms with E-state index in [-0.39, 0.29) is 18.1 Å². The zero-order chi connectivity index (χ0) is 14.1. The number of carboxylic acid groups (broad SMARTS) is 1. The van der Waals surface area contributed by atoms with Crippen LogP contribution in [0.5, 0.6) is 0 Å². The number of aliphatic carboxylic acids is 1. The van der Waals surface area contributed by atoms with Gasteiger partial charge in [-0.05, 0) is 12.8 Å². The Morgan fingerprint density at radius 1 is 1.40 bits per heavy atom. The first-order valence-electron chi connectivity index (χ1n) is 6.80. The lowest BCUT2D eigenvalue weighted by Gasteiger charge is -2.23. The van der Waals surface area contributed by atoms with Crippen molar-refractivity contribution in [2.45, 2.75) is 31.5 Å². The fraction of sp³-hybridized carbons (Fsp3) is 0.615. The van der Waals surface area contributed by atoms with Crippen LogP contribution in [0.2, 0.25) is 0 Å². The number of amides is 1. The average molecular weight is 279 g/mol. The molecular weight excluding hydrogens is 262 g/mol. The number of carbonyl (C=O) groups excluding carboxylic acids is 1. The maximum atomic E-state index is 12.2. The molecule has 7 heteroatoms. The van der Waals surface area contributed by atoms with Crippen LogP contribution in [0.25, 0.3) is 0 Å². The van der Waals surface area contributed by atoms with Crippen molar-refractivity contribution >= 4 is 11.9 Å². The molecule has 1 amide bonds. The van der Waals surface area contributed by atoms with Crippen molar-refractivity contribution in [2.24, 2.45) is 11.8 Å². The molecule has 0 radical (unpaired) electrons. The van der Waals surface area contributed by atoms with E-state index in [4.69, 9.17) is 4.74 Å². The second-order valence-electron chi connectivity index (χ2n) is 5.30. The first-order chi connectivity index (χ1) is 9.66. The quantitative estimate of drug-likeness (QED) is 0.701. The third-order valence-electron chi connectivity index (χ3n) is 4.11. The number of fused-ring (bicyclic) bond motifs is 2. The van der Waals surface area contributed by atoms with Crippen molar-refractivity contribution in [2.75, 3.05) is 6.54 Å². The molecule has 108 valence electrons. The van der Waals surface area contributed by atoms with Crippen molar-refractivity contribution in [3.05, 3.63) is 18.2 Å². The summed E-state index contributed by atoms with van der Waals surface area (Å²) in [5, 5.41) is 12.1. The van der Waals surface area contributed by atoms with Crippen LogP contribution in [0.3, 0.4) is 0 Å². The van der Waals surface area contributed by atoms with Gasteiger partial charge < -0.3 is 20.1 Å². The van der Waals surface area contributed by atoms with E-state index in [0.29, 0.717) is 13.0 Å². The fourth-order valence-corrected chi connectivity index (χ4v) is 3.18. The Kier molecular flexibility index (Phi) is 3.43. The van der Waals surface area contributed by atoms with Gasteiger partial charge in [0.2, 0.25) is 5.91 Å². The molecule has 2 saturated heterocycles. The van der Waals surface area contributed by atoms with Crippen molar-refractivity contribution in [1.29, 1.82) is 0 Å². The molecule has 7 nitrogen and oxygen atoms in total. The number of H-pyrrole nitrogens is 1. The number of aromatic nitrogens is 2. The van der Waals surface area contributed by atoms with Gasteiger partial charge in [0.05, 0.1) is 30.4 Å². The van der Waals surface area contributed by atoms with Gasteiger partial charge in [-0.25, -0.2) is 4.98 Å². The molecule has 0 spiro atoms. The first kappa shape index (κ1) is 13.1. The van der Waals surface area contributed by atoms with Crippen LogP contribution in [0.15, 0.2) is 12.5 Å². The van der Waals surface area contributed by atoms with Crippen molar-refractivity contribution in [3.63, 3.8) is 0 Å². The predicted octanol–water partition coefficient (Wildman–Crippen LogP) is -0.0534. The minimum Gasteiger partial charge on any atom is -0.481 e. The molecular formula is C13H17N3O4. The van der Waals surface area contributed by atoms with Crippen LogP contribution >= 0.6 is 0 Å². The van der Waals surface area contributed by atoms with E-state index in [2.05, 4.69) is 15.3 Å². The zero-order valence-corrected chi connectivity index (χ0v) is 10.9. The van der Waals surface area contributed by atoms with E-state index < -0.39 is 17.8 Å². The van der Waals surface area contributed by atoms with Crippen LogP contribution in [0, 0.1) is 11.8 Å². The highest BCUT2D eigenvalue weighted by atomic mass is 16.5. The number of rotatable bonds is 5. The Balaban J connectivity index is 1.57. The number of nitrogens with one attached hydrogen (secondary N) is 2. The molecule has 1 aromatic rings. The van der Waals surface area contributed by atoms with E-state index in [0.717, 1.165) is 18.5 Å². The predicted molar refractivity (Wildman–Crippen MR) is 67.8 cm³/mol. The third-order valence-corrected chi connectivity index (χ3v) is 4.11. The lowest BCUT2D eigenvalue weighted by molar-refractivity contribution is -0.147. The maximum absolute atomic E-state index is 12.2. The zero-order valence-electron chi connectivity index (χ0n) is 10.9. The summed E-state index contributed by atoms with van der Waals surface area (Å²) >= 11 is 0.